The van der Waals surface area contributed by atoms with E-state index in [4.69, 9.17) is 0 Å². The number of aliphatic hydroxyl groups excluding tert-OH is 1. The van der Waals surface area contributed by atoms with Crippen molar-refractivity contribution in [2.45, 2.75) is 12.7 Å². The highest BCUT2D eigenvalue weighted by atomic mass is 16.6. The van der Waals surface area contributed by atoms with Gasteiger partial charge in [-0.1, -0.05) is 30.8 Å². The molecule has 3 nitrogen and oxygen atoms in total. The molecule has 1 rings (SSSR count). The predicted molar refractivity (Wildman–Crippen MR) is 51.3 cm³/mol. The van der Waals surface area contributed by atoms with Crippen molar-refractivity contribution >= 4 is 5.97 Å². The van der Waals surface area contributed by atoms with Crippen LogP contribution in [0.5, 0.6) is 0 Å². The fraction of sp³-hybridized carbons (Fsp3) is 0.182. The van der Waals surface area contributed by atoms with Crippen LogP contribution in [0.15, 0.2) is 36.9 Å². The maximum atomic E-state index is 10.7. The number of ether oxygens (including phenoxy) is 1. The molecule has 0 spiro atoms. The van der Waals surface area contributed by atoms with E-state index in [0.717, 1.165) is 11.6 Å². The van der Waals surface area contributed by atoms with Crippen molar-refractivity contribution in [3.8, 4) is 0 Å². The number of aliphatic hydroxyl groups is 1. The lowest BCUT2D eigenvalue weighted by Gasteiger charge is -2.09. The molecule has 0 aromatic heterocycles. The Balaban J connectivity index is 2.45. The van der Waals surface area contributed by atoms with Crippen LogP contribution in [0.2, 0.25) is 0 Å². The Bertz CT molecular complexity index is 306. The summed E-state index contributed by atoms with van der Waals surface area (Å²) in [4.78, 5) is 10.7. The highest BCUT2D eigenvalue weighted by Gasteiger charge is 2.08. The standard InChI is InChI=1S/C11H11O3/c1-2-10(12)14-11(13)8-9-6-4-3-5-7-9/h2,4-7,11,13H,1,8H2. The molecule has 0 bridgehead atoms. The molecule has 1 radical (unpaired) electrons. The first-order chi connectivity index (χ1) is 6.72. The summed E-state index contributed by atoms with van der Waals surface area (Å²) in [6, 6.07) is 9.91. The second-order valence-corrected chi connectivity index (χ2v) is 2.71. The zero-order valence-corrected chi connectivity index (χ0v) is 7.64. The van der Waals surface area contributed by atoms with E-state index in [1.807, 2.05) is 0 Å². The molecule has 0 aliphatic rings. The largest absolute Gasteiger partial charge is 0.432 e. The van der Waals surface area contributed by atoms with Crippen LogP contribution in [-0.2, 0) is 16.0 Å². The fourth-order valence-corrected chi connectivity index (χ4v) is 0.983. The number of hydrogen-bond acceptors (Lipinski definition) is 3. The molecule has 1 aromatic rings. The summed E-state index contributed by atoms with van der Waals surface area (Å²) in [7, 11) is 0. The lowest BCUT2D eigenvalue weighted by Crippen LogP contribution is -2.18. The van der Waals surface area contributed by atoms with E-state index in [2.05, 4.69) is 17.4 Å². The summed E-state index contributed by atoms with van der Waals surface area (Å²) in [6.45, 7) is 3.23. The zero-order chi connectivity index (χ0) is 10.4. The molecule has 1 unspecified atom stereocenters. The van der Waals surface area contributed by atoms with Gasteiger partial charge in [-0.05, 0) is 11.6 Å². The van der Waals surface area contributed by atoms with Crippen molar-refractivity contribution in [1.82, 2.24) is 0 Å². The van der Waals surface area contributed by atoms with Crippen molar-refractivity contribution in [2.75, 3.05) is 0 Å². The van der Waals surface area contributed by atoms with E-state index in [-0.39, 0.29) is 6.42 Å². The SMILES string of the molecule is C=CC(=O)OC(O)Cc1cc[c]cc1. The van der Waals surface area contributed by atoms with E-state index in [1.54, 1.807) is 24.3 Å². The maximum Gasteiger partial charge on any atom is 0.332 e. The van der Waals surface area contributed by atoms with Gasteiger partial charge in [-0.3, -0.25) is 0 Å². The van der Waals surface area contributed by atoms with Gasteiger partial charge >= 0.3 is 5.97 Å². The van der Waals surface area contributed by atoms with E-state index in [1.165, 1.54) is 0 Å². The average Bonchev–Trinajstić information content (AvgIpc) is 2.19. The monoisotopic (exact) mass is 191 g/mol. The molecular weight excluding hydrogens is 180 g/mol. The van der Waals surface area contributed by atoms with Gasteiger partial charge in [0.05, 0.1) is 0 Å². The average molecular weight is 191 g/mol. The van der Waals surface area contributed by atoms with Gasteiger partial charge in [-0.25, -0.2) is 4.79 Å². The second kappa shape index (κ2) is 5.19. The van der Waals surface area contributed by atoms with Crippen LogP contribution in [0.3, 0.4) is 0 Å². The van der Waals surface area contributed by atoms with Crippen molar-refractivity contribution in [2.24, 2.45) is 0 Å². The lowest BCUT2D eigenvalue weighted by atomic mass is 10.1. The van der Waals surface area contributed by atoms with E-state index < -0.39 is 12.3 Å². The Morgan fingerprint density at radius 1 is 1.64 bits per heavy atom. The predicted octanol–water partition coefficient (Wildman–Crippen LogP) is 1.08. The molecule has 0 amide bonds. The van der Waals surface area contributed by atoms with Crippen molar-refractivity contribution in [1.29, 1.82) is 0 Å². The van der Waals surface area contributed by atoms with Crippen LogP contribution < -0.4 is 0 Å². The first-order valence-corrected chi connectivity index (χ1v) is 4.18. The lowest BCUT2D eigenvalue weighted by molar-refractivity contribution is -0.161. The smallest absolute Gasteiger partial charge is 0.332 e. The van der Waals surface area contributed by atoms with Gasteiger partial charge in [0.1, 0.15) is 0 Å². The molecule has 1 aromatic carbocycles. The maximum absolute atomic E-state index is 10.7. The molecule has 0 fully saturated rings. The topological polar surface area (TPSA) is 46.5 Å². The van der Waals surface area contributed by atoms with E-state index >= 15 is 0 Å². The third kappa shape index (κ3) is 3.41. The van der Waals surface area contributed by atoms with E-state index in [9.17, 15) is 9.90 Å². The first kappa shape index (κ1) is 10.5. The molecule has 0 aliphatic carbocycles. The molecule has 0 saturated carbocycles. The molecular formula is C11H11O3. The van der Waals surface area contributed by atoms with Crippen LogP contribution in [0.1, 0.15) is 5.56 Å². The molecule has 0 saturated heterocycles. The Hall–Kier alpha value is -1.61. The van der Waals surface area contributed by atoms with Crippen molar-refractivity contribution in [3.05, 3.63) is 48.6 Å². The van der Waals surface area contributed by atoms with Crippen LogP contribution in [0.4, 0.5) is 0 Å². The van der Waals surface area contributed by atoms with Gasteiger partial charge in [0, 0.05) is 12.5 Å². The second-order valence-electron chi connectivity index (χ2n) is 2.71. The molecule has 14 heavy (non-hydrogen) atoms. The van der Waals surface area contributed by atoms with Gasteiger partial charge in [0.2, 0.25) is 6.29 Å². The molecule has 0 aliphatic heterocycles. The van der Waals surface area contributed by atoms with Crippen molar-refractivity contribution < 1.29 is 14.6 Å². The van der Waals surface area contributed by atoms with Gasteiger partial charge in [-0.15, -0.1) is 0 Å². The Morgan fingerprint density at radius 2 is 2.29 bits per heavy atom. The minimum Gasteiger partial charge on any atom is -0.432 e. The summed E-state index contributed by atoms with van der Waals surface area (Å²) in [6.07, 6.45) is 0.166. The number of esters is 1. The van der Waals surface area contributed by atoms with Gasteiger partial charge in [-0.2, -0.15) is 0 Å². The minimum atomic E-state index is -1.12. The van der Waals surface area contributed by atoms with Gasteiger partial charge in [0.15, 0.2) is 0 Å². The summed E-state index contributed by atoms with van der Waals surface area (Å²) in [5, 5.41) is 9.30. The number of benzene rings is 1. The molecule has 3 heteroatoms. The number of carbonyl (C=O) groups excluding carboxylic acids is 1. The highest BCUT2D eigenvalue weighted by molar-refractivity contribution is 5.81. The zero-order valence-electron chi connectivity index (χ0n) is 7.64. The number of hydrogen-bond donors (Lipinski definition) is 1. The van der Waals surface area contributed by atoms with Crippen LogP contribution in [0.25, 0.3) is 0 Å². The third-order valence-electron chi connectivity index (χ3n) is 1.62. The molecule has 73 valence electrons. The molecule has 1 atom stereocenters. The van der Waals surface area contributed by atoms with E-state index in [0.29, 0.717) is 0 Å². The van der Waals surface area contributed by atoms with Gasteiger partial charge in [0.25, 0.3) is 0 Å². The summed E-state index contributed by atoms with van der Waals surface area (Å²) in [5.41, 5.74) is 0.883. The highest BCUT2D eigenvalue weighted by Crippen LogP contribution is 2.03. The Morgan fingerprint density at radius 3 is 2.86 bits per heavy atom. The minimum absolute atomic E-state index is 0.272. The number of rotatable bonds is 4. The quantitative estimate of drug-likeness (QED) is 0.440. The Labute approximate surface area is 82.6 Å². The fourth-order valence-electron chi connectivity index (χ4n) is 0.983. The Kier molecular flexibility index (Phi) is 3.88. The normalized spacial score (nSPS) is 11.8. The van der Waals surface area contributed by atoms with Crippen LogP contribution in [-0.4, -0.2) is 17.4 Å². The molecule has 1 N–H and O–H groups in total. The summed E-state index contributed by atoms with van der Waals surface area (Å²) in [5.74, 6) is -0.625. The van der Waals surface area contributed by atoms with Crippen LogP contribution >= 0.6 is 0 Å². The summed E-state index contributed by atoms with van der Waals surface area (Å²) < 4.78 is 4.59. The third-order valence-corrected chi connectivity index (χ3v) is 1.62. The van der Waals surface area contributed by atoms with Crippen LogP contribution in [0, 0.1) is 6.07 Å². The van der Waals surface area contributed by atoms with Crippen molar-refractivity contribution in [3.63, 3.8) is 0 Å². The molecule has 0 heterocycles. The summed E-state index contributed by atoms with van der Waals surface area (Å²) >= 11 is 0. The van der Waals surface area contributed by atoms with Gasteiger partial charge < -0.3 is 9.84 Å². The number of carbonyl (C=O) groups is 1. The first-order valence-electron chi connectivity index (χ1n) is 4.18.